The molecule has 0 unspecified atom stereocenters. The van der Waals surface area contributed by atoms with Gasteiger partial charge in [-0.05, 0) is 18.2 Å². The molecule has 0 bridgehead atoms. The Hall–Kier alpha value is -1.09. The van der Waals surface area contributed by atoms with Gasteiger partial charge in [0.05, 0.1) is 6.26 Å². The fourth-order valence-electron chi connectivity index (χ4n) is 1.07. The van der Waals surface area contributed by atoms with Gasteiger partial charge in [-0.1, -0.05) is 0 Å². The van der Waals surface area contributed by atoms with Crippen molar-refractivity contribution in [1.82, 2.24) is 0 Å². The maximum absolute atomic E-state index is 5.68. The van der Waals surface area contributed by atoms with E-state index in [1.807, 2.05) is 18.2 Å². The molecule has 0 atom stereocenters. The molecule has 0 radical (unpaired) electrons. The second kappa shape index (κ2) is 2.20. The number of hydrogen-bond acceptors (Lipinski definition) is 3. The highest BCUT2D eigenvalue weighted by Crippen LogP contribution is 2.27. The van der Waals surface area contributed by atoms with Crippen LogP contribution in [0.2, 0.25) is 0 Å². The Kier molecular flexibility index (Phi) is 1.32. The molecular weight excluding hydrogens is 158 g/mol. The second-order valence-corrected chi connectivity index (χ2v) is 2.82. The van der Waals surface area contributed by atoms with E-state index in [-0.39, 0.29) is 0 Å². The Balaban J connectivity index is 2.96. The SMILES string of the molecule is Nc1ccc(S)c2occc12. The van der Waals surface area contributed by atoms with Gasteiger partial charge in [0, 0.05) is 16.0 Å². The quantitative estimate of drug-likeness (QED) is 0.464. The normalized spacial score (nSPS) is 10.6. The Bertz CT molecular complexity index is 358. The molecule has 0 saturated heterocycles. The highest BCUT2D eigenvalue weighted by Gasteiger charge is 2.02. The molecule has 2 nitrogen and oxygen atoms in total. The molecule has 0 amide bonds. The average Bonchev–Trinajstić information content (AvgIpc) is 2.45. The van der Waals surface area contributed by atoms with E-state index in [9.17, 15) is 0 Å². The first kappa shape index (κ1) is 6.61. The Morgan fingerprint density at radius 1 is 1.27 bits per heavy atom. The van der Waals surface area contributed by atoms with Crippen LogP contribution >= 0.6 is 12.6 Å². The molecule has 0 aliphatic heterocycles. The van der Waals surface area contributed by atoms with E-state index in [0.29, 0.717) is 0 Å². The lowest BCUT2D eigenvalue weighted by molar-refractivity contribution is 0.609. The van der Waals surface area contributed by atoms with Crippen molar-refractivity contribution in [3.05, 3.63) is 24.5 Å². The van der Waals surface area contributed by atoms with Crippen LogP contribution in [0.25, 0.3) is 11.0 Å². The predicted molar refractivity (Wildman–Crippen MR) is 47.9 cm³/mol. The van der Waals surface area contributed by atoms with Gasteiger partial charge < -0.3 is 10.2 Å². The van der Waals surface area contributed by atoms with Crippen molar-refractivity contribution in [3.8, 4) is 0 Å². The van der Waals surface area contributed by atoms with Crippen molar-refractivity contribution < 1.29 is 4.42 Å². The molecule has 2 aromatic rings. The summed E-state index contributed by atoms with van der Waals surface area (Å²) in [5, 5.41) is 0.928. The minimum Gasteiger partial charge on any atom is -0.463 e. The van der Waals surface area contributed by atoms with Crippen LogP contribution in [0.5, 0.6) is 0 Å². The van der Waals surface area contributed by atoms with Gasteiger partial charge in [-0.15, -0.1) is 12.6 Å². The third-order valence-corrected chi connectivity index (χ3v) is 1.98. The van der Waals surface area contributed by atoms with E-state index in [2.05, 4.69) is 12.6 Å². The molecule has 2 rings (SSSR count). The molecule has 1 aromatic carbocycles. The van der Waals surface area contributed by atoms with Crippen molar-refractivity contribution in [2.45, 2.75) is 4.90 Å². The molecule has 3 heteroatoms. The van der Waals surface area contributed by atoms with Crippen molar-refractivity contribution in [1.29, 1.82) is 0 Å². The van der Waals surface area contributed by atoms with E-state index < -0.39 is 0 Å². The highest BCUT2D eigenvalue weighted by atomic mass is 32.1. The maximum Gasteiger partial charge on any atom is 0.149 e. The van der Waals surface area contributed by atoms with E-state index in [1.165, 1.54) is 0 Å². The number of fused-ring (bicyclic) bond motifs is 1. The zero-order valence-electron chi connectivity index (χ0n) is 5.74. The van der Waals surface area contributed by atoms with Crippen LogP contribution in [0.1, 0.15) is 0 Å². The zero-order valence-corrected chi connectivity index (χ0v) is 6.64. The van der Waals surface area contributed by atoms with Crippen molar-refractivity contribution in [2.24, 2.45) is 0 Å². The first-order valence-electron chi connectivity index (χ1n) is 3.23. The summed E-state index contributed by atoms with van der Waals surface area (Å²) < 4.78 is 5.17. The van der Waals surface area contributed by atoms with E-state index in [1.54, 1.807) is 6.26 Å². The smallest absolute Gasteiger partial charge is 0.149 e. The molecule has 1 heterocycles. The number of benzene rings is 1. The van der Waals surface area contributed by atoms with Gasteiger partial charge in [-0.25, -0.2) is 0 Å². The van der Waals surface area contributed by atoms with Gasteiger partial charge in [-0.2, -0.15) is 0 Å². The summed E-state index contributed by atoms with van der Waals surface area (Å²) in [6.07, 6.45) is 1.61. The maximum atomic E-state index is 5.68. The van der Waals surface area contributed by atoms with E-state index in [0.717, 1.165) is 21.6 Å². The number of thiol groups is 1. The van der Waals surface area contributed by atoms with Crippen LogP contribution < -0.4 is 5.73 Å². The fraction of sp³-hybridized carbons (Fsp3) is 0. The summed E-state index contributed by atoms with van der Waals surface area (Å²) in [5.41, 5.74) is 7.16. The van der Waals surface area contributed by atoms with Crippen LogP contribution in [-0.4, -0.2) is 0 Å². The molecule has 0 saturated carbocycles. The summed E-state index contributed by atoms with van der Waals surface area (Å²) in [4.78, 5) is 0.819. The first-order valence-corrected chi connectivity index (χ1v) is 3.68. The van der Waals surface area contributed by atoms with Crippen LogP contribution in [0, 0.1) is 0 Å². The van der Waals surface area contributed by atoms with Gasteiger partial charge in [0.15, 0.2) is 0 Å². The second-order valence-electron chi connectivity index (χ2n) is 2.34. The molecule has 0 spiro atoms. The van der Waals surface area contributed by atoms with Gasteiger partial charge in [0.25, 0.3) is 0 Å². The molecule has 56 valence electrons. The summed E-state index contributed by atoms with van der Waals surface area (Å²) in [6.45, 7) is 0. The average molecular weight is 165 g/mol. The third-order valence-electron chi connectivity index (χ3n) is 1.63. The summed E-state index contributed by atoms with van der Waals surface area (Å²) >= 11 is 4.21. The minimum atomic E-state index is 0.728. The molecule has 0 fully saturated rings. The van der Waals surface area contributed by atoms with Crippen LogP contribution in [-0.2, 0) is 0 Å². The minimum absolute atomic E-state index is 0.728. The van der Waals surface area contributed by atoms with E-state index in [4.69, 9.17) is 10.2 Å². The molecular formula is C8H7NOS. The van der Waals surface area contributed by atoms with Crippen LogP contribution in [0.3, 0.4) is 0 Å². The Morgan fingerprint density at radius 2 is 2.09 bits per heavy atom. The number of anilines is 1. The summed E-state index contributed by atoms with van der Waals surface area (Å²) in [7, 11) is 0. The highest BCUT2D eigenvalue weighted by molar-refractivity contribution is 7.80. The van der Waals surface area contributed by atoms with Gasteiger partial charge in [0.2, 0.25) is 0 Å². The number of nitrogen functional groups attached to an aromatic ring is 1. The lowest BCUT2D eigenvalue weighted by atomic mass is 10.2. The summed E-state index contributed by atoms with van der Waals surface area (Å²) in [5.74, 6) is 0. The monoisotopic (exact) mass is 165 g/mol. The number of furan rings is 1. The van der Waals surface area contributed by atoms with Gasteiger partial charge in [-0.3, -0.25) is 0 Å². The zero-order chi connectivity index (χ0) is 7.84. The van der Waals surface area contributed by atoms with Gasteiger partial charge in [0.1, 0.15) is 5.58 Å². The van der Waals surface area contributed by atoms with E-state index >= 15 is 0 Å². The van der Waals surface area contributed by atoms with Crippen LogP contribution in [0.15, 0.2) is 33.8 Å². The molecule has 0 aliphatic carbocycles. The lowest BCUT2D eigenvalue weighted by Gasteiger charge is -1.95. The number of rotatable bonds is 0. The lowest BCUT2D eigenvalue weighted by Crippen LogP contribution is -1.83. The third kappa shape index (κ3) is 0.886. The predicted octanol–water partition coefficient (Wildman–Crippen LogP) is 2.30. The first-order chi connectivity index (χ1) is 5.29. The number of nitrogens with two attached hydrogens (primary N) is 1. The molecule has 11 heavy (non-hydrogen) atoms. The van der Waals surface area contributed by atoms with Gasteiger partial charge >= 0.3 is 0 Å². The standard InChI is InChI=1S/C8H7NOS/c9-6-1-2-7(11)8-5(6)3-4-10-8/h1-4,11H,9H2. The Morgan fingerprint density at radius 3 is 2.82 bits per heavy atom. The molecule has 1 aromatic heterocycles. The molecule has 0 aliphatic rings. The fourth-order valence-corrected chi connectivity index (χ4v) is 1.32. The van der Waals surface area contributed by atoms with Crippen LogP contribution in [0.4, 0.5) is 5.69 Å². The Labute approximate surface area is 69.4 Å². The largest absolute Gasteiger partial charge is 0.463 e. The topological polar surface area (TPSA) is 39.2 Å². The van der Waals surface area contributed by atoms with Crippen molar-refractivity contribution >= 4 is 29.3 Å². The molecule has 2 N–H and O–H groups in total. The van der Waals surface area contributed by atoms with Crippen molar-refractivity contribution in [3.63, 3.8) is 0 Å². The number of hydrogen-bond donors (Lipinski definition) is 2. The summed E-state index contributed by atoms with van der Waals surface area (Å²) in [6, 6.07) is 5.48. The van der Waals surface area contributed by atoms with Crippen molar-refractivity contribution in [2.75, 3.05) is 5.73 Å².